The van der Waals surface area contributed by atoms with Gasteiger partial charge in [-0.1, -0.05) is 18.2 Å². The lowest BCUT2D eigenvalue weighted by Gasteiger charge is -2.32. The van der Waals surface area contributed by atoms with E-state index in [0.29, 0.717) is 26.2 Å². The number of urea groups is 1. The fourth-order valence-corrected chi connectivity index (χ4v) is 3.59. The van der Waals surface area contributed by atoms with E-state index in [1.807, 2.05) is 41.5 Å². The first-order valence-corrected chi connectivity index (χ1v) is 8.86. The average Bonchev–Trinajstić information content (AvgIpc) is 3.14. The molecule has 5 nitrogen and oxygen atoms in total. The van der Waals surface area contributed by atoms with Crippen LogP contribution in [0.25, 0.3) is 0 Å². The minimum absolute atomic E-state index is 0.0206. The first-order valence-electron chi connectivity index (χ1n) is 7.98. The summed E-state index contributed by atoms with van der Waals surface area (Å²) in [7, 11) is 1.66. The molecule has 128 valence electrons. The van der Waals surface area contributed by atoms with Crippen molar-refractivity contribution in [3.63, 3.8) is 0 Å². The van der Waals surface area contributed by atoms with Gasteiger partial charge in [-0.25, -0.2) is 4.79 Å². The van der Waals surface area contributed by atoms with Gasteiger partial charge < -0.3 is 19.7 Å². The summed E-state index contributed by atoms with van der Waals surface area (Å²) in [6.07, 6.45) is -0.0206. The van der Waals surface area contributed by atoms with Crippen LogP contribution in [0.2, 0.25) is 0 Å². The summed E-state index contributed by atoms with van der Waals surface area (Å²) in [4.78, 5) is 15.4. The van der Waals surface area contributed by atoms with Crippen LogP contribution >= 0.6 is 11.3 Å². The van der Waals surface area contributed by atoms with Crippen molar-refractivity contribution in [1.82, 2.24) is 10.2 Å². The quantitative estimate of drug-likeness (QED) is 0.924. The molecule has 0 unspecified atom stereocenters. The molecule has 1 aliphatic rings. The van der Waals surface area contributed by atoms with Crippen LogP contribution in [0.15, 0.2) is 35.7 Å². The Morgan fingerprint density at radius 1 is 1.46 bits per heavy atom. The Morgan fingerprint density at radius 2 is 2.33 bits per heavy atom. The summed E-state index contributed by atoms with van der Waals surface area (Å²) in [5, 5.41) is 5.02. The molecular formula is C18H22N2O3S. The molecule has 2 heterocycles. The molecule has 2 aromatic rings. The normalized spacial score (nSPS) is 17.6. The van der Waals surface area contributed by atoms with Crippen molar-refractivity contribution in [2.75, 3.05) is 26.8 Å². The number of carbonyl (C=O) groups is 1. The van der Waals surface area contributed by atoms with Gasteiger partial charge in [-0.3, -0.25) is 0 Å². The van der Waals surface area contributed by atoms with Crippen LogP contribution in [0.4, 0.5) is 4.79 Å². The Bertz CT molecular complexity index is 688. The number of thiophene rings is 1. The molecule has 0 aliphatic carbocycles. The number of aryl methyl sites for hydroxylation is 1. The molecule has 1 aromatic heterocycles. The molecule has 1 saturated heterocycles. The minimum atomic E-state index is -0.0478. The molecule has 24 heavy (non-hydrogen) atoms. The van der Waals surface area contributed by atoms with Crippen molar-refractivity contribution in [1.29, 1.82) is 0 Å². The molecule has 0 spiro atoms. The Labute approximate surface area is 146 Å². The maximum atomic E-state index is 12.4. The highest BCUT2D eigenvalue weighted by molar-refractivity contribution is 7.10. The zero-order valence-corrected chi connectivity index (χ0v) is 14.8. The predicted molar refractivity (Wildman–Crippen MR) is 94.6 cm³/mol. The lowest BCUT2D eigenvalue weighted by Crippen LogP contribution is -2.46. The van der Waals surface area contributed by atoms with Gasteiger partial charge in [0.1, 0.15) is 11.9 Å². The van der Waals surface area contributed by atoms with E-state index in [4.69, 9.17) is 9.47 Å². The number of nitrogens with one attached hydrogen (secondary N) is 1. The van der Waals surface area contributed by atoms with Crippen LogP contribution in [-0.4, -0.2) is 37.7 Å². The lowest BCUT2D eigenvalue weighted by molar-refractivity contribution is -0.0136. The van der Waals surface area contributed by atoms with Gasteiger partial charge in [-0.05, 0) is 35.6 Å². The Hall–Kier alpha value is -2.05. The third kappa shape index (κ3) is 3.88. The number of hydrogen-bond donors (Lipinski definition) is 1. The van der Waals surface area contributed by atoms with Crippen molar-refractivity contribution < 1.29 is 14.3 Å². The number of nitrogens with zero attached hydrogens (tertiary/aromatic N) is 1. The van der Waals surface area contributed by atoms with Gasteiger partial charge in [-0.15, -0.1) is 11.3 Å². The number of rotatable bonds is 4. The van der Waals surface area contributed by atoms with Crippen LogP contribution in [0.5, 0.6) is 5.75 Å². The van der Waals surface area contributed by atoms with Crippen LogP contribution in [0.3, 0.4) is 0 Å². The maximum absolute atomic E-state index is 12.4. The van der Waals surface area contributed by atoms with Crippen LogP contribution < -0.4 is 10.1 Å². The number of morpholine rings is 1. The SMILES string of the molecule is COc1ccc(CNC(=O)N2CCO[C@H](c3cccs3)C2)cc1C. The summed E-state index contributed by atoms with van der Waals surface area (Å²) in [6, 6.07) is 9.95. The largest absolute Gasteiger partial charge is 0.496 e. The zero-order valence-electron chi connectivity index (χ0n) is 14.0. The summed E-state index contributed by atoms with van der Waals surface area (Å²) in [6.45, 7) is 4.28. The van der Waals surface area contributed by atoms with Crippen LogP contribution in [0.1, 0.15) is 22.1 Å². The van der Waals surface area contributed by atoms with Gasteiger partial charge in [0.2, 0.25) is 0 Å². The van der Waals surface area contributed by atoms with Gasteiger partial charge in [0.15, 0.2) is 0 Å². The number of ether oxygens (including phenoxy) is 2. The van der Waals surface area contributed by atoms with E-state index in [2.05, 4.69) is 11.4 Å². The molecule has 1 N–H and O–H groups in total. The number of benzene rings is 1. The highest BCUT2D eigenvalue weighted by Gasteiger charge is 2.25. The molecular weight excluding hydrogens is 324 g/mol. The van der Waals surface area contributed by atoms with Gasteiger partial charge in [0, 0.05) is 18.0 Å². The summed E-state index contributed by atoms with van der Waals surface area (Å²) >= 11 is 1.66. The monoisotopic (exact) mass is 346 g/mol. The van der Waals surface area contributed by atoms with Crippen molar-refractivity contribution in [3.8, 4) is 5.75 Å². The Balaban J connectivity index is 1.55. The number of carbonyl (C=O) groups excluding carboxylic acids is 1. The predicted octanol–water partition coefficient (Wildman–Crippen LogP) is 3.35. The second-order valence-electron chi connectivity index (χ2n) is 5.78. The van der Waals surface area contributed by atoms with E-state index >= 15 is 0 Å². The van der Waals surface area contributed by atoms with Crippen molar-refractivity contribution in [3.05, 3.63) is 51.7 Å². The topological polar surface area (TPSA) is 50.8 Å². The summed E-state index contributed by atoms with van der Waals surface area (Å²) in [5.74, 6) is 0.858. The van der Waals surface area contributed by atoms with Crippen LogP contribution in [0, 0.1) is 6.92 Å². The highest BCUT2D eigenvalue weighted by Crippen LogP contribution is 2.26. The fraction of sp³-hybridized carbons (Fsp3) is 0.389. The molecule has 6 heteroatoms. The van der Waals surface area contributed by atoms with E-state index in [-0.39, 0.29) is 12.1 Å². The second kappa shape index (κ2) is 7.68. The average molecular weight is 346 g/mol. The number of hydrogen-bond acceptors (Lipinski definition) is 4. The van der Waals surface area contributed by atoms with Crippen molar-refractivity contribution in [2.45, 2.75) is 19.6 Å². The van der Waals surface area contributed by atoms with E-state index in [0.717, 1.165) is 16.9 Å². The molecule has 1 fully saturated rings. The molecule has 3 rings (SSSR count). The molecule has 0 saturated carbocycles. The summed E-state index contributed by atoms with van der Waals surface area (Å²) in [5.41, 5.74) is 2.12. The van der Waals surface area contributed by atoms with E-state index in [9.17, 15) is 4.79 Å². The third-order valence-corrected chi connectivity index (χ3v) is 5.08. The number of methoxy groups -OCH3 is 1. The Morgan fingerprint density at radius 3 is 3.04 bits per heavy atom. The minimum Gasteiger partial charge on any atom is -0.496 e. The zero-order chi connectivity index (χ0) is 16.9. The third-order valence-electron chi connectivity index (χ3n) is 4.12. The van der Waals surface area contributed by atoms with Crippen molar-refractivity contribution in [2.24, 2.45) is 0 Å². The smallest absolute Gasteiger partial charge is 0.317 e. The van der Waals surface area contributed by atoms with E-state index in [1.165, 1.54) is 4.88 Å². The van der Waals surface area contributed by atoms with Crippen LogP contribution in [-0.2, 0) is 11.3 Å². The highest BCUT2D eigenvalue weighted by atomic mass is 32.1. The molecule has 0 radical (unpaired) electrons. The molecule has 2 amide bonds. The van der Waals surface area contributed by atoms with E-state index < -0.39 is 0 Å². The Kier molecular flexibility index (Phi) is 5.37. The molecule has 1 aliphatic heterocycles. The standard InChI is InChI=1S/C18H22N2O3S/c1-13-10-14(5-6-15(13)22-2)11-19-18(21)20-7-8-23-16(12-20)17-4-3-9-24-17/h3-6,9-10,16H,7-8,11-12H2,1-2H3,(H,19,21)/t16-/m0/s1. The summed E-state index contributed by atoms with van der Waals surface area (Å²) < 4.78 is 11.0. The van der Waals surface area contributed by atoms with Gasteiger partial charge in [-0.2, -0.15) is 0 Å². The lowest BCUT2D eigenvalue weighted by atomic mass is 10.1. The first-order chi connectivity index (χ1) is 11.7. The second-order valence-corrected chi connectivity index (χ2v) is 6.76. The van der Waals surface area contributed by atoms with Crippen molar-refractivity contribution >= 4 is 17.4 Å². The van der Waals surface area contributed by atoms with E-state index in [1.54, 1.807) is 18.4 Å². The van der Waals surface area contributed by atoms with Gasteiger partial charge in [0.05, 0.1) is 20.3 Å². The van der Waals surface area contributed by atoms with Gasteiger partial charge >= 0.3 is 6.03 Å². The molecule has 0 bridgehead atoms. The first kappa shape index (κ1) is 16.8. The fourth-order valence-electron chi connectivity index (χ4n) is 2.82. The molecule has 1 atom stereocenters. The number of amides is 2. The molecule has 1 aromatic carbocycles. The van der Waals surface area contributed by atoms with Gasteiger partial charge in [0.25, 0.3) is 0 Å². The maximum Gasteiger partial charge on any atom is 0.317 e.